The van der Waals surface area contributed by atoms with Gasteiger partial charge >= 0.3 is 0 Å². The highest BCUT2D eigenvalue weighted by atomic mass is 127. The lowest BCUT2D eigenvalue weighted by molar-refractivity contribution is 0.510. The highest BCUT2D eigenvalue weighted by Gasteiger charge is 2.17. The first kappa shape index (κ1) is 15.5. The van der Waals surface area contributed by atoms with Crippen LogP contribution in [-0.4, -0.2) is 16.1 Å². The van der Waals surface area contributed by atoms with E-state index in [9.17, 15) is 0 Å². The number of hydrogen-bond acceptors (Lipinski definition) is 2. The highest BCUT2D eigenvalue weighted by molar-refractivity contribution is 14.1. The number of aryl methyl sites for hydroxylation is 2. The van der Waals surface area contributed by atoms with E-state index in [0.29, 0.717) is 6.04 Å². The number of halogens is 1. The predicted molar refractivity (Wildman–Crippen MR) is 91.8 cm³/mol. The van der Waals surface area contributed by atoms with Crippen LogP contribution in [0.4, 0.5) is 0 Å². The van der Waals surface area contributed by atoms with Crippen LogP contribution in [0.15, 0.2) is 30.6 Å². The van der Waals surface area contributed by atoms with Gasteiger partial charge in [-0.05, 0) is 53.6 Å². The fraction of sp³-hybridized carbons (Fsp3) is 0.438. The van der Waals surface area contributed by atoms with Gasteiger partial charge in [0.25, 0.3) is 0 Å². The standard InChI is InChI=1S/C16H22IN3/c1-4-8-18-14(11-15-19-9-10-20(15)3)13-7-5-6-12(2)16(13)17/h5-7,9-10,14,18H,4,8,11H2,1-3H3. The third-order valence-corrected chi connectivity index (χ3v) is 5.02. The summed E-state index contributed by atoms with van der Waals surface area (Å²) in [7, 11) is 2.06. The summed E-state index contributed by atoms with van der Waals surface area (Å²) in [5.41, 5.74) is 2.72. The monoisotopic (exact) mass is 383 g/mol. The van der Waals surface area contributed by atoms with Gasteiger partial charge in [0.15, 0.2) is 0 Å². The second kappa shape index (κ2) is 7.22. The third-order valence-electron chi connectivity index (χ3n) is 3.55. The zero-order chi connectivity index (χ0) is 14.5. The molecule has 1 atom stereocenters. The molecule has 0 amide bonds. The van der Waals surface area contributed by atoms with Gasteiger partial charge in [-0.25, -0.2) is 4.98 Å². The molecule has 4 heteroatoms. The van der Waals surface area contributed by atoms with Crippen LogP contribution in [-0.2, 0) is 13.5 Å². The molecule has 0 aliphatic rings. The molecule has 2 rings (SSSR count). The van der Waals surface area contributed by atoms with E-state index in [0.717, 1.165) is 25.2 Å². The number of nitrogens with one attached hydrogen (secondary N) is 1. The summed E-state index contributed by atoms with van der Waals surface area (Å²) in [5, 5.41) is 3.66. The zero-order valence-corrected chi connectivity index (χ0v) is 14.5. The molecular formula is C16H22IN3. The first-order chi connectivity index (χ1) is 9.63. The zero-order valence-electron chi connectivity index (χ0n) is 12.4. The van der Waals surface area contributed by atoms with Crippen molar-refractivity contribution < 1.29 is 0 Å². The van der Waals surface area contributed by atoms with Gasteiger partial charge in [-0.2, -0.15) is 0 Å². The first-order valence-corrected chi connectivity index (χ1v) is 8.16. The van der Waals surface area contributed by atoms with E-state index in [1.54, 1.807) is 0 Å². The minimum atomic E-state index is 0.322. The van der Waals surface area contributed by atoms with Gasteiger partial charge in [0, 0.05) is 35.5 Å². The van der Waals surface area contributed by atoms with E-state index in [2.05, 4.69) is 76.6 Å². The molecule has 1 aromatic carbocycles. The van der Waals surface area contributed by atoms with Crippen LogP contribution >= 0.6 is 22.6 Å². The number of hydrogen-bond donors (Lipinski definition) is 1. The molecule has 2 aromatic rings. The lowest BCUT2D eigenvalue weighted by Gasteiger charge is -2.21. The maximum absolute atomic E-state index is 4.46. The van der Waals surface area contributed by atoms with Crippen molar-refractivity contribution in [2.24, 2.45) is 7.05 Å². The molecule has 1 unspecified atom stereocenters. The highest BCUT2D eigenvalue weighted by Crippen LogP contribution is 2.25. The molecule has 0 aliphatic carbocycles. The number of benzene rings is 1. The Bertz CT molecular complexity index is 563. The predicted octanol–water partition coefficient (Wildman–Crippen LogP) is 3.62. The molecule has 0 bridgehead atoms. The Hall–Kier alpha value is -0.880. The lowest BCUT2D eigenvalue weighted by Crippen LogP contribution is -2.26. The molecule has 0 aliphatic heterocycles. The second-order valence-corrected chi connectivity index (χ2v) is 6.22. The summed E-state index contributed by atoms with van der Waals surface area (Å²) in [6, 6.07) is 6.86. The van der Waals surface area contributed by atoms with Gasteiger partial charge in [0.05, 0.1) is 0 Å². The molecule has 108 valence electrons. The van der Waals surface area contributed by atoms with Gasteiger partial charge in [-0.1, -0.05) is 25.1 Å². The molecule has 1 N–H and O–H groups in total. The Morgan fingerprint density at radius 1 is 1.40 bits per heavy atom. The van der Waals surface area contributed by atoms with E-state index >= 15 is 0 Å². The number of rotatable bonds is 6. The Labute approximate surface area is 134 Å². The van der Waals surface area contributed by atoms with Gasteiger partial charge in [-0.15, -0.1) is 0 Å². The lowest BCUT2D eigenvalue weighted by atomic mass is 10.0. The van der Waals surface area contributed by atoms with Crippen LogP contribution in [0.25, 0.3) is 0 Å². The topological polar surface area (TPSA) is 29.9 Å². The smallest absolute Gasteiger partial charge is 0.110 e. The minimum absolute atomic E-state index is 0.322. The summed E-state index contributed by atoms with van der Waals surface area (Å²) >= 11 is 2.45. The Morgan fingerprint density at radius 2 is 2.20 bits per heavy atom. The maximum atomic E-state index is 4.46. The minimum Gasteiger partial charge on any atom is -0.338 e. The van der Waals surface area contributed by atoms with Crippen molar-refractivity contribution in [1.29, 1.82) is 0 Å². The van der Waals surface area contributed by atoms with Crippen LogP contribution in [0, 0.1) is 10.5 Å². The molecule has 0 fully saturated rings. The average Bonchev–Trinajstić information content (AvgIpc) is 2.83. The van der Waals surface area contributed by atoms with Gasteiger partial charge in [0.1, 0.15) is 5.82 Å². The number of nitrogens with zero attached hydrogens (tertiary/aromatic N) is 2. The van der Waals surface area contributed by atoms with E-state index in [1.165, 1.54) is 14.7 Å². The van der Waals surface area contributed by atoms with Crippen molar-refractivity contribution in [3.05, 3.63) is 51.1 Å². The van der Waals surface area contributed by atoms with E-state index < -0.39 is 0 Å². The Kier molecular flexibility index (Phi) is 5.60. The summed E-state index contributed by atoms with van der Waals surface area (Å²) in [4.78, 5) is 4.46. The van der Waals surface area contributed by atoms with Crippen LogP contribution in [0.2, 0.25) is 0 Å². The second-order valence-electron chi connectivity index (χ2n) is 5.14. The number of imidazole rings is 1. The fourth-order valence-electron chi connectivity index (χ4n) is 2.33. The fourth-order valence-corrected chi connectivity index (χ4v) is 3.06. The molecule has 0 saturated heterocycles. The van der Waals surface area contributed by atoms with E-state index in [-0.39, 0.29) is 0 Å². The maximum Gasteiger partial charge on any atom is 0.110 e. The van der Waals surface area contributed by atoms with Crippen molar-refractivity contribution in [3.63, 3.8) is 0 Å². The summed E-state index contributed by atoms with van der Waals surface area (Å²) in [5.74, 6) is 1.12. The first-order valence-electron chi connectivity index (χ1n) is 7.08. The molecular weight excluding hydrogens is 361 g/mol. The number of aromatic nitrogens is 2. The van der Waals surface area contributed by atoms with Gasteiger partial charge in [0.2, 0.25) is 0 Å². The van der Waals surface area contributed by atoms with Crippen LogP contribution < -0.4 is 5.32 Å². The molecule has 0 saturated carbocycles. The molecule has 0 radical (unpaired) electrons. The van der Waals surface area contributed by atoms with Crippen LogP contribution in [0.1, 0.15) is 36.3 Å². The summed E-state index contributed by atoms with van der Waals surface area (Å²) in [6.45, 7) is 5.40. The quantitative estimate of drug-likeness (QED) is 0.773. The van der Waals surface area contributed by atoms with Crippen molar-refractivity contribution in [2.45, 2.75) is 32.7 Å². The van der Waals surface area contributed by atoms with Crippen molar-refractivity contribution in [3.8, 4) is 0 Å². The normalized spacial score (nSPS) is 12.6. The summed E-state index contributed by atoms with van der Waals surface area (Å²) in [6.07, 6.45) is 5.93. The summed E-state index contributed by atoms with van der Waals surface area (Å²) < 4.78 is 3.46. The molecule has 1 aromatic heterocycles. The van der Waals surface area contributed by atoms with Crippen molar-refractivity contribution >= 4 is 22.6 Å². The van der Waals surface area contributed by atoms with Crippen molar-refractivity contribution in [1.82, 2.24) is 14.9 Å². The molecule has 0 spiro atoms. The Morgan fingerprint density at radius 3 is 2.85 bits per heavy atom. The molecule has 3 nitrogen and oxygen atoms in total. The van der Waals surface area contributed by atoms with E-state index in [1.807, 2.05) is 12.4 Å². The van der Waals surface area contributed by atoms with Crippen molar-refractivity contribution in [2.75, 3.05) is 6.54 Å². The average molecular weight is 383 g/mol. The SMILES string of the molecule is CCCNC(Cc1nccn1C)c1cccc(C)c1I. The third kappa shape index (κ3) is 3.61. The Balaban J connectivity index is 2.27. The molecule has 20 heavy (non-hydrogen) atoms. The van der Waals surface area contributed by atoms with Gasteiger partial charge < -0.3 is 9.88 Å². The largest absolute Gasteiger partial charge is 0.338 e. The van der Waals surface area contributed by atoms with E-state index in [4.69, 9.17) is 0 Å². The van der Waals surface area contributed by atoms with Crippen LogP contribution in [0.5, 0.6) is 0 Å². The molecule has 1 heterocycles. The van der Waals surface area contributed by atoms with Gasteiger partial charge in [-0.3, -0.25) is 0 Å². The van der Waals surface area contributed by atoms with Crippen LogP contribution in [0.3, 0.4) is 0 Å².